The van der Waals surface area contributed by atoms with Crippen molar-refractivity contribution < 1.29 is 4.74 Å². The van der Waals surface area contributed by atoms with E-state index in [1.807, 2.05) is 19.9 Å². The van der Waals surface area contributed by atoms with Crippen LogP contribution in [0.1, 0.15) is 22.4 Å². The Morgan fingerprint density at radius 2 is 1.78 bits per heavy atom. The Kier molecular flexibility index (Phi) is 3.82. The average molecular weight is 263 g/mol. The molecule has 3 nitrogen and oxygen atoms in total. The van der Waals surface area contributed by atoms with E-state index in [1.165, 1.54) is 5.56 Å². The largest absolute Gasteiger partial charge is 0.437 e. The van der Waals surface area contributed by atoms with E-state index >= 15 is 0 Å². The summed E-state index contributed by atoms with van der Waals surface area (Å²) in [5.74, 6) is 1.69. The number of hydrogen-bond acceptors (Lipinski definition) is 3. The number of ether oxygens (including phenoxy) is 1. The standard InChI is InChI=1S/C14H15ClN2O/c1-9-4-5-10(2)14(11(9)3)18-13-8-16-12(6-15)7-17-13/h4-5,7-8H,6H2,1-3H3. The van der Waals surface area contributed by atoms with Gasteiger partial charge in [-0.1, -0.05) is 12.1 Å². The van der Waals surface area contributed by atoms with Gasteiger partial charge in [-0.25, -0.2) is 4.98 Å². The Morgan fingerprint density at radius 3 is 2.39 bits per heavy atom. The fourth-order valence-electron chi connectivity index (χ4n) is 1.65. The lowest BCUT2D eigenvalue weighted by molar-refractivity contribution is 0.452. The van der Waals surface area contributed by atoms with Gasteiger partial charge in [0.05, 0.1) is 24.0 Å². The fraction of sp³-hybridized carbons (Fsp3) is 0.286. The maximum absolute atomic E-state index is 5.80. The predicted octanol–water partition coefficient (Wildman–Crippen LogP) is 3.93. The van der Waals surface area contributed by atoms with E-state index in [9.17, 15) is 0 Å². The summed E-state index contributed by atoms with van der Waals surface area (Å²) in [7, 11) is 0. The minimum Gasteiger partial charge on any atom is -0.437 e. The smallest absolute Gasteiger partial charge is 0.237 e. The first-order valence-electron chi connectivity index (χ1n) is 5.73. The molecule has 2 aromatic rings. The SMILES string of the molecule is Cc1ccc(C)c(Oc2cnc(CCl)cn2)c1C. The number of hydrogen-bond donors (Lipinski definition) is 0. The third kappa shape index (κ3) is 2.62. The van der Waals surface area contributed by atoms with Gasteiger partial charge in [-0.2, -0.15) is 0 Å². The maximum Gasteiger partial charge on any atom is 0.237 e. The molecule has 0 spiro atoms. The number of aromatic nitrogens is 2. The van der Waals surface area contributed by atoms with Crippen molar-refractivity contribution in [1.29, 1.82) is 0 Å². The lowest BCUT2D eigenvalue weighted by atomic mass is 10.1. The highest BCUT2D eigenvalue weighted by atomic mass is 35.5. The molecule has 1 heterocycles. The molecular formula is C14H15ClN2O. The highest BCUT2D eigenvalue weighted by molar-refractivity contribution is 6.16. The van der Waals surface area contributed by atoms with E-state index in [0.717, 1.165) is 22.6 Å². The molecule has 0 fully saturated rings. The maximum atomic E-state index is 5.80. The third-order valence-corrected chi connectivity index (χ3v) is 3.17. The number of aryl methyl sites for hydroxylation is 2. The molecular weight excluding hydrogens is 248 g/mol. The summed E-state index contributed by atoms with van der Waals surface area (Å²) < 4.78 is 5.80. The number of benzene rings is 1. The van der Waals surface area contributed by atoms with E-state index in [-0.39, 0.29) is 0 Å². The monoisotopic (exact) mass is 262 g/mol. The van der Waals surface area contributed by atoms with Gasteiger partial charge in [0.15, 0.2) is 0 Å². The van der Waals surface area contributed by atoms with Gasteiger partial charge in [-0.05, 0) is 37.5 Å². The van der Waals surface area contributed by atoms with Crippen molar-refractivity contribution in [2.24, 2.45) is 0 Å². The molecule has 0 radical (unpaired) electrons. The number of halogens is 1. The molecule has 0 saturated heterocycles. The van der Waals surface area contributed by atoms with Crippen LogP contribution in [0.15, 0.2) is 24.5 Å². The first-order valence-corrected chi connectivity index (χ1v) is 6.27. The predicted molar refractivity (Wildman–Crippen MR) is 72.3 cm³/mol. The average Bonchev–Trinajstić information content (AvgIpc) is 2.40. The van der Waals surface area contributed by atoms with Gasteiger partial charge in [-0.15, -0.1) is 11.6 Å². The van der Waals surface area contributed by atoms with Gasteiger partial charge in [0, 0.05) is 0 Å². The lowest BCUT2D eigenvalue weighted by Gasteiger charge is -2.12. The summed E-state index contributed by atoms with van der Waals surface area (Å²) in [5.41, 5.74) is 4.14. The summed E-state index contributed by atoms with van der Waals surface area (Å²) in [6, 6.07) is 4.12. The quantitative estimate of drug-likeness (QED) is 0.786. The Balaban J connectivity index is 2.30. The number of rotatable bonds is 3. The van der Waals surface area contributed by atoms with Gasteiger partial charge < -0.3 is 4.74 Å². The van der Waals surface area contributed by atoms with Crippen LogP contribution in [0.5, 0.6) is 11.6 Å². The molecule has 1 aromatic carbocycles. The zero-order valence-corrected chi connectivity index (χ0v) is 11.5. The van der Waals surface area contributed by atoms with E-state index in [0.29, 0.717) is 11.8 Å². The van der Waals surface area contributed by atoms with Crippen molar-refractivity contribution in [3.63, 3.8) is 0 Å². The second-order valence-electron chi connectivity index (χ2n) is 4.24. The van der Waals surface area contributed by atoms with Crippen LogP contribution < -0.4 is 4.74 Å². The van der Waals surface area contributed by atoms with E-state index in [1.54, 1.807) is 12.4 Å². The molecule has 0 aliphatic heterocycles. The summed E-state index contributed by atoms with van der Waals surface area (Å²) in [6.07, 6.45) is 3.22. The fourth-order valence-corrected chi connectivity index (χ4v) is 1.79. The van der Waals surface area contributed by atoms with Crippen LogP contribution in [0.2, 0.25) is 0 Å². The van der Waals surface area contributed by atoms with Gasteiger partial charge >= 0.3 is 0 Å². The minimum absolute atomic E-state index is 0.357. The van der Waals surface area contributed by atoms with Crippen molar-refractivity contribution in [3.05, 3.63) is 46.9 Å². The van der Waals surface area contributed by atoms with Crippen LogP contribution in [0, 0.1) is 20.8 Å². The minimum atomic E-state index is 0.357. The van der Waals surface area contributed by atoms with Crippen molar-refractivity contribution in [1.82, 2.24) is 9.97 Å². The van der Waals surface area contributed by atoms with Crippen LogP contribution in [-0.4, -0.2) is 9.97 Å². The third-order valence-electron chi connectivity index (χ3n) is 2.90. The van der Waals surface area contributed by atoms with E-state index < -0.39 is 0 Å². The highest BCUT2D eigenvalue weighted by Crippen LogP contribution is 2.29. The van der Waals surface area contributed by atoms with Crippen LogP contribution in [-0.2, 0) is 5.88 Å². The van der Waals surface area contributed by atoms with Crippen molar-refractivity contribution in [2.75, 3.05) is 0 Å². The molecule has 18 heavy (non-hydrogen) atoms. The Bertz CT molecular complexity index is 552. The second-order valence-corrected chi connectivity index (χ2v) is 4.50. The van der Waals surface area contributed by atoms with E-state index in [2.05, 4.69) is 23.0 Å². The summed E-state index contributed by atoms with van der Waals surface area (Å²) >= 11 is 5.67. The zero-order chi connectivity index (χ0) is 13.1. The molecule has 0 N–H and O–H groups in total. The Hall–Kier alpha value is -1.61. The van der Waals surface area contributed by atoms with Crippen molar-refractivity contribution >= 4 is 11.6 Å². The Labute approximate surface area is 112 Å². The van der Waals surface area contributed by atoms with E-state index in [4.69, 9.17) is 16.3 Å². The van der Waals surface area contributed by atoms with Gasteiger partial charge in [0.1, 0.15) is 5.75 Å². The summed E-state index contributed by atoms with van der Waals surface area (Å²) in [5, 5.41) is 0. The van der Waals surface area contributed by atoms with Gasteiger partial charge in [0.2, 0.25) is 5.88 Å². The first-order chi connectivity index (χ1) is 8.61. The van der Waals surface area contributed by atoms with Crippen LogP contribution in [0.3, 0.4) is 0 Å². The van der Waals surface area contributed by atoms with Gasteiger partial charge in [-0.3, -0.25) is 4.98 Å². The molecule has 0 unspecified atom stereocenters. The van der Waals surface area contributed by atoms with Crippen molar-refractivity contribution in [2.45, 2.75) is 26.7 Å². The topological polar surface area (TPSA) is 35.0 Å². The molecule has 4 heteroatoms. The van der Waals surface area contributed by atoms with Crippen LogP contribution >= 0.6 is 11.6 Å². The first kappa shape index (κ1) is 12.8. The Morgan fingerprint density at radius 1 is 1.06 bits per heavy atom. The van der Waals surface area contributed by atoms with Crippen LogP contribution in [0.4, 0.5) is 0 Å². The lowest BCUT2D eigenvalue weighted by Crippen LogP contribution is -1.96. The van der Waals surface area contributed by atoms with Crippen molar-refractivity contribution in [3.8, 4) is 11.6 Å². The molecule has 0 saturated carbocycles. The normalized spacial score (nSPS) is 10.4. The van der Waals surface area contributed by atoms with Crippen LogP contribution in [0.25, 0.3) is 0 Å². The molecule has 0 amide bonds. The van der Waals surface area contributed by atoms with Gasteiger partial charge in [0.25, 0.3) is 0 Å². The highest BCUT2D eigenvalue weighted by Gasteiger charge is 2.08. The number of alkyl halides is 1. The molecule has 2 rings (SSSR count). The molecule has 1 aromatic heterocycles. The summed E-state index contributed by atoms with van der Waals surface area (Å²) in [4.78, 5) is 8.34. The number of nitrogens with zero attached hydrogens (tertiary/aromatic N) is 2. The molecule has 0 aliphatic carbocycles. The zero-order valence-electron chi connectivity index (χ0n) is 10.7. The summed E-state index contributed by atoms with van der Waals surface area (Å²) in [6.45, 7) is 6.12. The molecule has 0 atom stereocenters. The molecule has 94 valence electrons. The molecule has 0 aliphatic rings. The second kappa shape index (κ2) is 5.36. The molecule has 0 bridgehead atoms.